The zero-order chi connectivity index (χ0) is 10.8. The first kappa shape index (κ1) is 11.1. The molecule has 2 atom stereocenters. The zero-order valence-electron chi connectivity index (χ0n) is 7.27. The van der Waals surface area contributed by atoms with E-state index in [9.17, 15) is 18.0 Å². The summed E-state index contributed by atoms with van der Waals surface area (Å²) in [6, 6.07) is -0.659. The van der Waals surface area contributed by atoms with Gasteiger partial charge in [0.05, 0.1) is 5.92 Å². The number of amides is 1. The molecule has 0 aliphatic carbocycles. The maximum absolute atomic E-state index is 12.2. The first-order valence-corrected chi connectivity index (χ1v) is 4.16. The van der Waals surface area contributed by atoms with Crippen molar-refractivity contribution in [1.82, 2.24) is 10.6 Å². The Labute approximate surface area is 78.5 Å². The van der Waals surface area contributed by atoms with Gasteiger partial charge in [-0.1, -0.05) is 0 Å². The van der Waals surface area contributed by atoms with E-state index in [0.717, 1.165) is 0 Å². The fraction of sp³-hybridized carbons (Fsp3) is 0.857. The SMILES string of the molecule is O=C(O)N[C@@H]1CNCC(C(F)(F)F)C1. The molecule has 14 heavy (non-hydrogen) atoms. The largest absolute Gasteiger partial charge is 0.465 e. The lowest BCUT2D eigenvalue weighted by molar-refractivity contribution is -0.179. The monoisotopic (exact) mass is 212 g/mol. The highest BCUT2D eigenvalue weighted by atomic mass is 19.4. The Bertz CT molecular complexity index is 219. The van der Waals surface area contributed by atoms with E-state index in [1.54, 1.807) is 0 Å². The molecule has 0 saturated carbocycles. The smallest absolute Gasteiger partial charge is 0.404 e. The van der Waals surface area contributed by atoms with Gasteiger partial charge in [-0.3, -0.25) is 0 Å². The van der Waals surface area contributed by atoms with Crippen LogP contribution < -0.4 is 10.6 Å². The second-order valence-corrected chi connectivity index (χ2v) is 3.28. The van der Waals surface area contributed by atoms with Crippen LogP contribution in [0.25, 0.3) is 0 Å². The summed E-state index contributed by atoms with van der Waals surface area (Å²) in [5, 5.41) is 12.9. The lowest BCUT2D eigenvalue weighted by Gasteiger charge is -2.30. The van der Waals surface area contributed by atoms with Crippen LogP contribution in [0.3, 0.4) is 0 Å². The summed E-state index contributed by atoms with van der Waals surface area (Å²) in [5.74, 6) is -1.46. The van der Waals surface area contributed by atoms with Crippen LogP contribution >= 0.6 is 0 Å². The van der Waals surface area contributed by atoms with Gasteiger partial charge in [0.25, 0.3) is 0 Å². The van der Waals surface area contributed by atoms with E-state index >= 15 is 0 Å². The number of hydrogen-bond acceptors (Lipinski definition) is 2. The highest BCUT2D eigenvalue weighted by molar-refractivity contribution is 5.64. The summed E-state index contributed by atoms with van der Waals surface area (Å²) >= 11 is 0. The molecular formula is C7H11F3N2O2. The molecule has 1 saturated heterocycles. The van der Waals surface area contributed by atoms with E-state index in [0.29, 0.717) is 0 Å². The highest BCUT2D eigenvalue weighted by Crippen LogP contribution is 2.30. The Balaban J connectivity index is 2.48. The fourth-order valence-electron chi connectivity index (χ4n) is 1.48. The van der Waals surface area contributed by atoms with Crippen LogP contribution in [-0.4, -0.2) is 36.5 Å². The Morgan fingerprint density at radius 2 is 2.07 bits per heavy atom. The second-order valence-electron chi connectivity index (χ2n) is 3.28. The number of hydrogen-bond donors (Lipinski definition) is 3. The third-order valence-electron chi connectivity index (χ3n) is 2.14. The van der Waals surface area contributed by atoms with Gasteiger partial charge < -0.3 is 15.7 Å². The molecule has 0 radical (unpaired) electrons. The lowest BCUT2D eigenvalue weighted by atomic mass is 9.95. The van der Waals surface area contributed by atoms with Gasteiger partial charge in [0, 0.05) is 19.1 Å². The van der Waals surface area contributed by atoms with E-state index in [-0.39, 0.29) is 19.5 Å². The summed E-state index contributed by atoms with van der Waals surface area (Å²) in [5.41, 5.74) is 0. The van der Waals surface area contributed by atoms with Crippen molar-refractivity contribution in [3.8, 4) is 0 Å². The van der Waals surface area contributed by atoms with Gasteiger partial charge in [0.2, 0.25) is 0 Å². The van der Waals surface area contributed by atoms with Crippen LogP contribution in [0.1, 0.15) is 6.42 Å². The number of carboxylic acid groups (broad SMARTS) is 1. The minimum atomic E-state index is -4.26. The number of rotatable bonds is 1. The van der Waals surface area contributed by atoms with Crippen molar-refractivity contribution < 1.29 is 23.1 Å². The van der Waals surface area contributed by atoms with Crippen molar-refractivity contribution in [2.75, 3.05) is 13.1 Å². The van der Waals surface area contributed by atoms with Gasteiger partial charge >= 0.3 is 12.3 Å². The predicted molar refractivity (Wildman–Crippen MR) is 42.0 cm³/mol. The molecule has 0 aromatic rings. The van der Waals surface area contributed by atoms with Gasteiger partial charge in [-0.05, 0) is 6.42 Å². The third-order valence-corrected chi connectivity index (χ3v) is 2.14. The van der Waals surface area contributed by atoms with Gasteiger partial charge in [0.15, 0.2) is 0 Å². The van der Waals surface area contributed by atoms with Crippen molar-refractivity contribution in [2.45, 2.75) is 18.6 Å². The average molecular weight is 212 g/mol. The number of alkyl halides is 3. The molecule has 1 aliphatic rings. The van der Waals surface area contributed by atoms with Crippen LogP contribution in [0.15, 0.2) is 0 Å². The number of carbonyl (C=O) groups is 1. The van der Waals surface area contributed by atoms with Crippen LogP contribution in [0.5, 0.6) is 0 Å². The standard InChI is InChI=1S/C7H11F3N2O2/c8-7(9,10)4-1-5(3-11-2-4)12-6(13)14/h4-5,11-12H,1-3H2,(H,13,14)/t4?,5-/m0/s1. The first-order valence-electron chi connectivity index (χ1n) is 4.16. The maximum atomic E-state index is 12.2. The molecule has 0 bridgehead atoms. The molecule has 7 heteroatoms. The second kappa shape index (κ2) is 4.04. The fourth-order valence-corrected chi connectivity index (χ4v) is 1.48. The van der Waals surface area contributed by atoms with E-state index < -0.39 is 24.2 Å². The summed E-state index contributed by atoms with van der Waals surface area (Å²) in [4.78, 5) is 10.2. The van der Waals surface area contributed by atoms with E-state index in [2.05, 4.69) is 5.32 Å². The predicted octanol–water partition coefficient (Wildman–Crippen LogP) is 0.794. The molecule has 3 N–H and O–H groups in total. The molecule has 82 valence electrons. The van der Waals surface area contributed by atoms with E-state index in [4.69, 9.17) is 5.11 Å². The van der Waals surface area contributed by atoms with Crippen molar-refractivity contribution in [2.24, 2.45) is 5.92 Å². The van der Waals surface area contributed by atoms with Crippen molar-refractivity contribution >= 4 is 6.09 Å². The van der Waals surface area contributed by atoms with Crippen molar-refractivity contribution in [3.63, 3.8) is 0 Å². The molecule has 0 aromatic heterocycles. The number of halogens is 3. The van der Waals surface area contributed by atoms with Crippen LogP contribution in [0, 0.1) is 5.92 Å². The Hall–Kier alpha value is -0.980. The maximum Gasteiger partial charge on any atom is 0.404 e. The summed E-state index contributed by atoms with van der Waals surface area (Å²) < 4.78 is 36.7. The average Bonchev–Trinajstić information content (AvgIpc) is 2.01. The lowest BCUT2D eigenvalue weighted by Crippen LogP contribution is -2.51. The number of nitrogens with one attached hydrogen (secondary N) is 2. The van der Waals surface area contributed by atoms with Crippen LogP contribution in [-0.2, 0) is 0 Å². The van der Waals surface area contributed by atoms with Gasteiger partial charge in [-0.25, -0.2) is 4.79 Å². The molecular weight excluding hydrogens is 201 g/mol. The van der Waals surface area contributed by atoms with E-state index in [1.165, 1.54) is 0 Å². The Morgan fingerprint density at radius 1 is 1.43 bits per heavy atom. The first-order chi connectivity index (χ1) is 6.39. The molecule has 1 heterocycles. The normalized spacial score (nSPS) is 28.5. The molecule has 1 unspecified atom stereocenters. The quantitative estimate of drug-likeness (QED) is 0.602. The molecule has 1 rings (SSSR count). The van der Waals surface area contributed by atoms with Gasteiger partial charge in [0.1, 0.15) is 0 Å². The minimum Gasteiger partial charge on any atom is -0.465 e. The molecule has 0 aromatic carbocycles. The molecule has 1 fully saturated rings. The Morgan fingerprint density at radius 3 is 2.57 bits per heavy atom. The van der Waals surface area contributed by atoms with Crippen LogP contribution in [0.4, 0.5) is 18.0 Å². The summed E-state index contributed by atoms with van der Waals surface area (Å²) in [7, 11) is 0. The topological polar surface area (TPSA) is 61.4 Å². The van der Waals surface area contributed by atoms with Crippen LogP contribution in [0.2, 0.25) is 0 Å². The van der Waals surface area contributed by atoms with E-state index in [1.807, 2.05) is 5.32 Å². The van der Waals surface area contributed by atoms with Crippen molar-refractivity contribution in [3.05, 3.63) is 0 Å². The zero-order valence-corrected chi connectivity index (χ0v) is 7.27. The molecule has 4 nitrogen and oxygen atoms in total. The molecule has 0 spiro atoms. The van der Waals surface area contributed by atoms with Crippen molar-refractivity contribution in [1.29, 1.82) is 0 Å². The summed E-state index contributed by atoms with van der Waals surface area (Å²) in [6.07, 6.45) is -5.74. The highest BCUT2D eigenvalue weighted by Gasteiger charge is 2.42. The minimum absolute atomic E-state index is 0.138. The molecule has 1 amide bonds. The van der Waals surface area contributed by atoms with Gasteiger partial charge in [-0.2, -0.15) is 13.2 Å². The molecule has 1 aliphatic heterocycles. The Kier molecular flexibility index (Phi) is 3.20. The number of piperidine rings is 1. The van der Waals surface area contributed by atoms with Gasteiger partial charge in [-0.15, -0.1) is 0 Å². The third kappa shape index (κ3) is 3.06. The summed E-state index contributed by atoms with van der Waals surface area (Å²) in [6.45, 7) is 0.111.